The molecule has 0 saturated carbocycles. The van der Waals surface area contributed by atoms with Crippen LogP contribution in [0, 0.1) is 0 Å². The Morgan fingerprint density at radius 3 is 2.79 bits per heavy atom. The van der Waals surface area contributed by atoms with Gasteiger partial charge in [0, 0.05) is 12.7 Å². The van der Waals surface area contributed by atoms with Gasteiger partial charge < -0.3 is 14.2 Å². The fraction of sp³-hybridized carbons (Fsp3) is 0.300. The molecule has 0 radical (unpaired) electrons. The van der Waals surface area contributed by atoms with E-state index in [1.165, 1.54) is 0 Å². The van der Waals surface area contributed by atoms with Crippen LogP contribution in [0.2, 0.25) is 0 Å². The van der Waals surface area contributed by atoms with Gasteiger partial charge in [0.25, 0.3) is 0 Å². The monoisotopic (exact) mass is 194 g/mol. The highest BCUT2D eigenvalue weighted by atomic mass is 16.7. The number of benzene rings is 1. The summed E-state index contributed by atoms with van der Waals surface area (Å²) >= 11 is 0. The average Bonchev–Trinajstić information content (AvgIpc) is 2.64. The number of carbonyl (C=O) groups is 1. The van der Waals surface area contributed by atoms with Crippen LogP contribution < -0.4 is 9.47 Å². The number of hydrogen-bond donors (Lipinski definition) is 0. The van der Waals surface area contributed by atoms with Crippen molar-refractivity contribution in [2.75, 3.05) is 13.9 Å². The lowest BCUT2D eigenvalue weighted by Crippen LogP contribution is -1.94. The Morgan fingerprint density at radius 1 is 1.43 bits per heavy atom. The summed E-state index contributed by atoms with van der Waals surface area (Å²) in [6.45, 7) is 0.606. The van der Waals surface area contributed by atoms with Crippen LogP contribution in [0.25, 0.3) is 0 Å². The molecule has 0 N–H and O–H groups in total. The highest BCUT2D eigenvalue weighted by Crippen LogP contribution is 2.34. The maximum absolute atomic E-state index is 10.8. The number of rotatable bonds is 3. The first-order valence-electron chi connectivity index (χ1n) is 4.22. The van der Waals surface area contributed by atoms with E-state index >= 15 is 0 Å². The molecular formula is C10H10O4. The summed E-state index contributed by atoms with van der Waals surface area (Å²) in [5, 5.41) is 0. The van der Waals surface area contributed by atoms with E-state index in [0.717, 1.165) is 11.8 Å². The van der Waals surface area contributed by atoms with Gasteiger partial charge in [-0.1, -0.05) is 0 Å². The molecule has 14 heavy (non-hydrogen) atoms. The van der Waals surface area contributed by atoms with E-state index in [1.807, 2.05) is 0 Å². The summed E-state index contributed by atoms with van der Waals surface area (Å²) < 4.78 is 15.3. The van der Waals surface area contributed by atoms with Crippen molar-refractivity contribution in [2.45, 2.75) is 6.61 Å². The van der Waals surface area contributed by atoms with Gasteiger partial charge in [0.15, 0.2) is 17.8 Å². The standard InChI is InChI=1S/C10H10O4/c1-12-5-8-3-10-9(13-6-14-10)2-7(8)4-11/h2-4H,5-6H2,1H3. The van der Waals surface area contributed by atoms with E-state index in [2.05, 4.69) is 0 Å². The molecule has 0 bridgehead atoms. The molecule has 0 unspecified atom stereocenters. The highest BCUT2D eigenvalue weighted by Gasteiger charge is 2.16. The summed E-state index contributed by atoms with van der Waals surface area (Å²) in [6.07, 6.45) is 0.788. The molecule has 4 nitrogen and oxygen atoms in total. The smallest absolute Gasteiger partial charge is 0.231 e. The molecule has 0 atom stereocenters. The topological polar surface area (TPSA) is 44.8 Å². The minimum Gasteiger partial charge on any atom is -0.454 e. The fourth-order valence-electron chi connectivity index (χ4n) is 1.39. The van der Waals surface area contributed by atoms with Gasteiger partial charge in [-0.2, -0.15) is 0 Å². The molecule has 1 heterocycles. The average molecular weight is 194 g/mol. The zero-order valence-electron chi connectivity index (χ0n) is 7.78. The predicted molar refractivity (Wildman–Crippen MR) is 48.7 cm³/mol. The summed E-state index contributed by atoms with van der Waals surface area (Å²) in [6, 6.07) is 3.44. The van der Waals surface area contributed by atoms with E-state index in [0.29, 0.717) is 23.7 Å². The lowest BCUT2D eigenvalue weighted by atomic mass is 10.1. The lowest BCUT2D eigenvalue weighted by molar-refractivity contribution is 0.111. The van der Waals surface area contributed by atoms with Gasteiger partial charge in [-0.05, 0) is 17.7 Å². The Hall–Kier alpha value is -1.55. The zero-order chi connectivity index (χ0) is 9.97. The largest absolute Gasteiger partial charge is 0.454 e. The Balaban J connectivity index is 2.43. The maximum Gasteiger partial charge on any atom is 0.231 e. The number of fused-ring (bicyclic) bond motifs is 1. The molecule has 2 rings (SSSR count). The van der Waals surface area contributed by atoms with E-state index < -0.39 is 0 Å². The second-order valence-corrected chi connectivity index (χ2v) is 2.96. The molecule has 0 spiro atoms. The van der Waals surface area contributed by atoms with Crippen LogP contribution >= 0.6 is 0 Å². The number of methoxy groups -OCH3 is 1. The Morgan fingerprint density at radius 2 is 2.14 bits per heavy atom. The normalized spacial score (nSPS) is 12.9. The first kappa shape index (κ1) is 9.02. The quantitative estimate of drug-likeness (QED) is 0.682. The van der Waals surface area contributed by atoms with Gasteiger partial charge in [-0.3, -0.25) is 4.79 Å². The molecule has 0 aromatic heterocycles. The molecule has 4 heteroatoms. The summed E-state index contributed by atoms with van der Waals surface area (Å²) in [5.41, 5.74) is 1.39. The predicted octanol–water partition coefficient (Wildman–Crippen LogP) is 1.37. The van der Waals surface area contributed by atoms with Gasteiger partial charge in [0.05, 0.1) is 6.61 Å². The molecule has 1 aliphatic rings. The minimum absolute atomic E-state index is 0.212. The fourth-order valence-corrected chi connectivity index (χ4v) is 1.39. The number of ether oxygens (including phenoxy) is 3. The molecule has 74 valence electrons. The van der Waals surface area contributed by atoms with Crippen molar-refractivity contribution < 1.29 is 19.0 Å². The number of hydrogen-bond acceptors (Lipinski definition) is 4. The van der Waals surface area contributed by atoms with Gasteiger partial charge in [0.2, 0.25) is 6.79 Å². The van der Waals surface area contributed by atoms with Crippen molar-refractivity contribution in [1.29, 1.82) is 0 Å². The second kappa shape index (κ2) is 3.67. The zero-order valence-corrected chi connectivity index (χ0v) is 7.78. The molecule has 0 saturated heterocycles. The summed E-state index contributed by atoms with van der Waals surface area (Å²) in [7, 11) is 1.58. The van der Waals surface area contributed by atoms with Crippen molar-refractivity contribution >= 4 is 6.29 Å². The second-order valence-electron chi connectivity index (χ2n) is 2.96. The molecule has 1 aromatic carbocycles. The van der Waals surface area contributed by atoms with Gasteiger partial charge in [0.1, 0.15) is 0 Å². The molecule has 0 aliphatic carbocycles. The van der Waals surface area contributed by atoms with Crippen LogP contribution in [0.15, 0.2) is 12.1 Å². The van der Waals surface area contributed by atoms with Crippen molar-refractivity contribution in [3.05, 3.63) is 23.3 Å². The number of aldehydes is 1. The molecular weight excluding hydrogens is 184 g/mol. The van der Waals surface area contributed by atoms with Gasteiger partial charge in [-0.25, -0.2) is 0 Å². The van der Waals surface area contributed by atoms with E-state index in [9.17, 15) is 4.79 Å². The van der Waals surface area contributed by atoms with Gasteiger partial charge in [-0.15, -0.1) is 0 Å². The van der Waals surface area contributed by atoms with Crippen LogP contribution in [0.5, 0.6) is 11.5 Å². The van der Waals surface area contributed by atoms with Gasteiger partial charge >= 0.3 is 0 Å². The van der Waals surface area contributed by atoms with E-state index in [-0.39, 0.29) is 6.79 Å². The molecule has 0 amide bonds. The number of carbonyl (C=O) groups excluding carboxylic acids is 1. The van der Waals surface area contributed by atoms with Crippen LogP contribution in [-0.4, -0.2) is 20.2 Å². The Bertz CT molecular complexity index is 359. The van der Waals surface area contributed by atoms with E-state index in [4.69, 9.17) is 14.2 Å². The van der Waals surface area contributed by atoms with Crippen LogP contribution in [0.1, 0.15) is 15.9 Å². The minimum atomic E-state index is 0.212. The molecule has 0 fully saturated rings. The summed E-state index contributed by atoms with van der Waals surface area (Å²) in [5.74, 6) is 1.29. The lowest BCUT2D eigenvalue weighted by Gasteiger charge is -2.04. The maximum atomic E-state index is 10.8. The van der Waals surface area contributed by atoms with Crippen molar-refractivity contribution in [3.63, 3.8) is 0 Å². The highest BCUT2D eigenvalue weighted by molar-refractivity contribution is 5.79. The first-order chi connectivity index (χ1) is 6.85. The summed E-state index contributed by atoms with van der Waals surface area (Å²) in [4.78, 5) is 10.8. The van der Waals surface area contributed by atoms with Crippen molar-refractivity contribution in [3.8, 4) is 11.5 Å². The third-order valence-electron chi connectivity index (χ3n) is 2.06. The van der Waals surface area contributed by atoms with Crippen molar-refractivity contribution in [1.82, 2.24) is 0 Å². The Kier molecular flexibility index (Phi) is 2.37. The molecule has 1 aliphatic heterocycles. The van der Waals surface area contributed by atoms with E-state index in [1.54, 1.807) is 19.2 Å². The van der Waals surface area contributed by atoms with Crippen LogP contribution in [0.3, 0.4) is 0 Å². The third kappa shape index (κ3) is 1.44. The Labute approximate surface area is 81.4 Å². The third-order valence-corrected chi connectivity index (χ3v) is 2.06. The first-order valence-corrected chi connectivity index (χ1v) is 4.22. The van der Waals surface area contributed by atoms with Crippen LogP contribution in [-0.2, 0) is 11.3 Å². The molecule has 1 aromatic rings. The van der Waals surface area contributed by atoms with Crippen LogP contribution in [0.4, 0.5) is 0 Å². The van der Waals surface area contributed by atoms with Crippen molar-refractivity contribution in [2.24, 2.45) is 0 Å². The SMILES string of the molecule is COCc1cc2c(cc1C=O)OCO2.